The number of hydrogen-bond donors (Lipinski definition) is 2. The Balaban J connectivity index is 1.44. The Bertz CT molecular complexity index is 598. The topological polar surface area (TPSA) is 75.6 Å². The molecule has 0 spiro atoms. The standard InChI is InChI=1S/C19H25NO4/c1-12(17-9-14-4-7-16(17)8-14)20-18(22)11-24-19(23)15-5-2-13(10-21)3-6-15/h2-3,5-6,12,14,16-17,21H,4,7-11H2,1H3,(H,20,22)/t12-,14+,16-,17+/m0/s1. The number of benzene rings is 1. The zero-order valence-electron chi connectivity index (χ0n) is 14.0. The first-order chi connectivity index (χ1) is 11.6. The Kier molecular flexibility index (Phi) is 5.19. The van der Waals surface area contributed by atoms with Gasteiger partial charge in [0, 0.05) is 6.04 Å². The molecular formula is C19H25NO4. The fraction of sp³-hybridized carbons (Fsp3) is 0.579. The molecule has 2 fully saturated rings. The molecule has 2 N–H and O–H groups in total. The summed E-state index contributed by atoms with van der Waals surface area (Å²) in [5.41, 5.74) is 1.10. The lowest BCUT2D eigenvalue weighted by molar-refractivity contribution is -0.125. The maximum atomic E-state index is 12.0. The van der Waals surface area contributed by atoms with Gasteiger partial charge in [0.2, 0.25) is 0 Å². The van der Waals surface area contributed by atoms with Crippen molar-refractivity contribution in [3.8, 4) is 0 Å². The molecule has 0 aliphatic heterocycles. The Hall–Kier alpha value is -1.88. The highest BCUT2D eigenvalue weighted by Gasteiger charge is 2.42. The summed E-state index contributed by atoms with van der Waals surface area (Å²) in [5, 5.41) is 12.0. The van der Waals surface area contributed by atoms with Gasteiger partial charge in [-0.2, -0.15) is 0 Å². The summed E-state index contributed by atoms with van der Waals surface area (Å²) in [6.45, 7) is 1.73. The van der Waals surface area contributed by atoms with Crippen molar-refractivity contribution < 1.29 is 19.4 Å². The third kappa shape index (κ3) is 3.78. The fourth-order valence-electron chi connectivity index (χ4n) is 4.27. The lowest BCUT2D eigenvalue weighted by atomic mass is 9.84. The van der Waals surface area contributed by atoms with Gasteiger partial charge in [-0.05, 0) is 61.6 Å². The second-order valence-corrected chi connectivity index (χ2v) is 7.13. The minimum atomic E-state index is -0.526. The van der Waals surface area contributed by atoms with Crippen molar-refractivity contribution in [3.63, 3.8) is 0 Å². The SMILES string of the molecule is C[C@H](NC(=O)COC(=O)c1ccc(CO)cc1)[C@H]1C[C@@H]2CC[C@H]1C2. The number of aliphatic hydroxyl groups excluding tert-OH is 1. The number of rotatable bonds is 6. The highest BCUT2D eigenvalue weighted by molar-refractivity contribution is 5.91. The normalized spacial score (nSPS) is 26.2. The zero-order chi connectivity index (χ0) is 17.1. The van der Waals surface area contributed by atoms with Crippen molar-refractivity contribution in [1.29, 1.82) is 0 Å². The lowest BCUT2D eigenvalue weighted by Gasteiger charge is -2.28. The Labute approximate surface area is 142 Å². The van der Waals surface area contributed by atoms with Gasteiger partial charge in [0.1, 0.15) is 0 Å². The first-order valence-corrected chi connectivity index (χ1v) is 8.73. The minimum Gasteiger partial charge on any atom is -0.452 e. The molecule has 0 aromatic heterocycles. The third-order valence-electron chi connectivity index (χ3n) is 5.53. The highest BCUT2D eigenvalue weighted by atomic mass is 16.5. The Morgan fingerprint density at radius 3 is 2.58 bits per heavy atom. The first-order valence-electron chi connectivity index (χ1n) is 8.73. The van der Waals surface area contributed by atoms with Crippen molar-refractivity contribution in [1.82, 2.24) is 5.32 Å². The van der Waals surface area contributed by atoms with E-state index in [9.17, 15) is 9.59 Å². The van der Waals surface area contributed by atoms with E-state index in [2.05, 4.69) is 12.2 Å². The summed E-state index contributed by atoms with van der Waals surface area (Å²) in [6.07, 6.45) is 5.15. The van der Waals surface area contributed by atoms with Gasteiger partial charge in [-0.15, -0.1) is 0 Å². The van der Waals surface area contributed by atoms with Crippen molar-refractivity contribution >= 4 is 11.9 Å². The van der Waals surface area contributed by atoms with Crippen LogP contribution in [-0.2, 0) is 16.1 Å². The predicted molar refractivity (Wildman–Crippen MR) is 89.2 cm³/mol. The molecule has 4 atom stereocenters. The molecule has 0 radical (unpaired) electrons. The maximum Gasteiger partial charge on any atom is 0.338 e. The van der Waals surface area contributed by atoms with Gasteiger partial charge in [0.25, 0.3) is 5.91 Å². The zero-order valence-corrected chi connectivity index (χ0v) is 14.0. The number of esters is 1. The number of aliphatic hydroxyl groups is 1. The Morgan fingerprint density at radius 2 is 2.00 bits per heavy atom. The van der Waals surface area contributed by atoms with E-state index in [1.165, 1.54) is 25.7 Å². The monoisotopic (exact) mass is 331 g/mol. The quantitative estimate of drug-likeness (QED) is 0.784. The van der Waals surface area contributed by atoms with E-state index in [0.717, 1.165) is 17.4 Å². The predicted octanol–water partition coefficient (Wildman–Crippen LogP) is 2.28. The molecule has 0 heterocycles. The van der Waals surface area contributed by atoms with E-state index in [4.69, 9.17) is 9.84 Å². The van der Waals surface area contributed by atoms with Gasteiger partial charge in [0.15, 0.2) is 6.61 Å². The van der Waals surface area contributed by atoms with Gasteiger partial charge >= 0.3 is 5.97 Å². The number of nitrogens with one attached hydrogen (secondary N) is 1. The van der Waals surface area contributed by atoms with Gasteiger partial charge in [-0.3, -0.25) is 4.79 Å². The molecule has 0 saturated heterocycles. The fourth-order valence-corrected chi connectivity index (χ4v) is 4.27. The number of hydrogen-bond acceptors (Lipinski definition) is 4. The van der Waals surface area contributed by atoms with E-state index in [-0.39, 0.29) is 25.2 Å². The molecule has 130 valence electrons. The van der Waals surface area contributed by atoms with Crippen LogP contribution in [0.2, 0.25) is 0 Å². The van der Waals surface area contributed by atoms with E-state index in [1.54, 1.807) is 24.3 Å². The largest absolute Gasteiger partial charge is 0.452 e. The molecule has 5 nitrogen and oxygen atoms in total. The molecule has 2 bridgehead atoms. The average Bonchev–Trinajstić information content (AvgIpc) is 3.23. The van der Waals surface area contributed by atoms with Gasteiger partial charge < -0.3 is 15.2 Å². The number of amides is 1. The van der Waals surface area contributed by atoms with Crippen LogP contribution < -0.4 is 5.32 Å². The minimum absolute atomic E-state index is 0.0708. The summed E-state index contributed by atoms with van der Waals surface area (Å²) >= 11 is 0. The van der Waals surface area contributed by atoms with Crippen molar-refractivity contribution in [2.75, 3.05) is 6.61 Å². The van der Waals surface area contributed by atoms with Crippen LogP contribution in [0, 0.1) is 17.8 Å². The van der Waals surface area contributed by atoms with Gasteiger partial charge in [0.05, 0.1) is 12.2 Å². The summed E-state index contributed by atoms with van der Waals surface area (Å²) < 4.78 is 5.08. The van der Waals surface area contributed by atoms with Gasteiger partial charge in [-0.25, -0.2) is 4.79 Å². The molecule has 0 unspecified atom stereocenters. The average molecular weight is 331 g/mol. The molecule has 2 aliphatic rings. The molecule has 2 saturated carbocycles. The molecule has 3 rings (SSSR count). The smallest absolute Gasteiger partial charge is 0.338 e. The van der Waals surface area contributed by atoms with E-state index < -0.39 is 5.97 Å². The van der Waals surface area contributed by atoms with E-state index in [1.807, 2.05) is 0 Å². The molecule has 1 aromatic carbocycles. The van der Waals surface area contributed by atoms with Crippen molar-refractivity contribution in [2.45, 2.75) is 45.3 Å². The summed E-state index contributed by atoms with van der Waals surface area (Å²) in [4.78, 5) is 24.0. The second-order valence-electron chi connectivity index (χ2n) is 7.13. The van der Waals surface area contributed by atoms with E-state index in [0.29, 0.717) is 11.5 Å². The van der Waals surface area contributed by atoms with Crippen molar-refractivity contribution in [3.05, 3.63) is 35.4 Å². The number of fused-ring (bicyclic) bond motifs is 2. The van der Waals surface area contributed by atoms with Crippen molar-refractivity contribution in [2.24, 2.45) is 17.8 Å². The number of carbonyl (C=O) groups excluding carboxylic acids is 2. The van der Waals surface area contributed by atoms with E-state index >= 15 is 0 Å². The lowest BCUT2D eigenvalue weighted by Crippen LogP contribution is -2.42. The molecule has 2 aliphatic carbocycles. The summed E-state index contributed by atoms with van der Waals surface area (Å²) in [6, 6.07) is 6.63. The van der Waals surface area contributed by atoms with Crippen LogP contribution in [0.15, 0.2) is 24.3 Å². The van der Waals surface area contributed by atoms with Crippen LogP contribution in [0.5, 0.6) is 0 Å². The van der Waals surface area contributed by atoms with Crippen LogP contribution in [0.25, 0.3) is 0 Å². The molecule has 1 amide bonds. The summed E-state index contributed by atoms with van der Waals surface area (Å²) in [5.74, 6) is 1.39. The molecule has 1 aromatic rings. The van der Waals surface area contributed by atoms with Crippen LogP contribution in [-0.4, -0.2) is 29.6 Å². The molecule has 5 heteroatoms. The number of carbonyl (C=O) groups is 2. The van der Waals surface area contributed by atoms with Gasteiger partial charge in [-0.1, -0.05) is 18.6 Å². The first kappa shape index (κ1) is 17.0. The number of ether oxygens (including phenoxy) is 1. The van der Waals surface area contributed by atoms with Crippen LogP contribution in [0.1, 0.15) is 48.5 Å². The van der Waals surface area contributed by atoms with Crippen LogP contribution in [0.4, 0.5) is 0 Å². The summed E-state index contributed by atoms with van der Waals surface area (Å²) in [7, 11) is 0. The van der Waals surface area contributed by atoms with Crippen LogP contribution >= 0.6 is 0 Å². The Morgan fingerprint density at radius 1 is 1.25 bits per heavy atom. The molecular weight excluding hydrogens is 306 g/mol. The molecule has 24 heavy (non-hydrogen) atoms. The maximum absolute atomic E-state index is 12.0. The van der Waals surface area contributed by atoms with Crippen LogP contribution in [0.3, 0.4) is 0 Å². The second kappa shape index (κ2) is 7.34. The third-order valence-corrected chi connectivity index (χ3v) is 5.53. The highest BCUT2D eigenvalue weighted by Crippen LogP contribution is 2.49.